The minimum Gasteiger partial charge on any atom is -0.504 e. The lowest BCUT2D eigenvalue weighted by atomic mass is 9.98. The predicted octanol–water partition coefficient (Wildman–Crippen LogP) is 2.98. The van der Waals surface area contributed by atoms with Gasteiger partial charge in [-0.1, -0.05) is 0 Å². The first-order valence-corrected chi connectivity index (χ1v) is 8.49. The maximum atomic E-state index is 9.97. The van der Waals surface area contributed by atoms with Crippen LogP contribution in [0.1, 0.15) is 16.7 Å². The van der Waals surface area contributed by atoms with Crippen molar-refractivity contribution in [1.29, 1.82) is 0 Å². The Morgan fingerprint density at radius 1 is 0.846 bits per heavy atom. The molecule has 1 aliphatic rings. The van der Waals surface area contributed by atoms with Crippen LogP contribution in [0.3, 0.4) is 0 Å². The molecule has 26 heavy (non-hydrogen) atoms. The number of phenolic OH excluding ortho intramolecular Hbond substituents is 1. The van der Waals surface area contributed by atoms with Crippen molar-refractivity contribution in [3.63, 3.8) is 0 Å². The SMILES string of the molecule is COc1cc(OC)c(CN2CCc3cc(O)c(OC)cc3C2)c(OC)c1. The van der Waals surface area contributed by atoms with Crippen molar-refractivity contribution in [3.8, 4) is 28.7 Å². The molecule has 2 aromatic carbocycles. The van der Waals surface area contributed by atoms with Gasteiger partial charge >= 0.3 is 0 Å². The van der Waals surface area contributed by atoms with E-state index in [1.165, 1.54) is 0 Å². The molecule has 0 aromatic heterocycles. The van der Waals surface area contributed by atoms with E-state index in [0.717, 1.165) is 47.7 Å². The average molecular weight is 359 g/mol. The van der Waals surface area contributed by atoms with Gasteiger partial charge in [0.1, 0.15) is 17.2 Å². The Hall–Kier alpha value is -2.60. The molecule has 0 bridgehead atoms. The molecular formula is C20H25NO5. The minimum atomic E-state index is 0.193. The number of phenols is 1. The summed E-state index contributed by atoms with van der Waals surface area (Å²) >= 11 is 0. The Labute approximate surface area is 153 Å². The van der Waals surface area contributed by atoms with Crippen molar-refractivity contribution in [2.75, 3.05) is 35.0 Å². The van der Waals surface area contributed by atoms with Crippen LogP contribution in [0, 0.1) is 0 Å². The van der Waals surface area contributed by atoms with Crippen molar-refractivity contribution in [3.05, 3.63) is 41.0 Å². The van der Waals surface area contributed by atoms with E-state index in [1.807, 2.05) is 18.2 Å². The number of rotatable bonds is 6. The van der Waals surface area contributed by atoms with Crippen molar-refractivity contribution < 1.29 is 24.1 Å². The zero-order valence-corrected chi connectivity index (χ0v) is 15.7. The van der Waals surface area contributed by atoms with Gasteiger partial charge in [0.05, 0.1) is 34.0 Å². The zero-order valence-electron chi connectivity index (χ0n) is 15.7. The van der Waals surface area contributed by atoms with Gasteiger partial charge in [0.2, 0.25) is 0 Å². The van der Waals surface area contributed by atoms with Gasteiger partial charge in [-0.05, 0) is 29.7 Å². The van der Waals surface area contributed by atoms with Crippen LogP contribution in [-0.4, -0.2) is 45.0 Å². The molecular weight excluding hydrogens is 334 g/mol. The van der Waals surface area contributed by atoms with Crippen LogP contribution >= 0.6 is 0 Å². The third-order valence-electron chi connectivity index (χ3n) is 4.79. The van der Waals surface area contributed by atoms with E-state index >= 15 is 0 Å². The highest BCUT2D eigenvalue weighted by molar-refractivity contribution is 5.51. The Kier molecular flexibility index (Phi) is 5.42. The number of hydrogen-bond donors (Lipinski definition) is 1. The Morgan fingerprint density at radius 3 is 2.08 bits per heavy atom. The van der Waals surface area contributed by atoms with Crippen LogP contribution in [-0.2, 0) is 19.5 Å². The van der Waals surface area contributed by atoms with Crippen molar-refractivity contribution in [2.24, 2.45) is 0 Å². The third-order valence-corrected chi connectivity index (χ3v) is 4.79. The quantitative estimate of drug-likeness (QED) is 0.856. The summed E-state index contributed by atoms with van der Waals surface area (Å²) in [6.45, 7) is 2.35. The van der Waals surface area contributed by atoms with Crippen molar-refractivity contribution >= 4 is 0 Å². The van der Waals surface area contributed by atoms with E-state index in [-0.39, 0.29) is 5.75 Å². The van der Waals surface area contributed by atoms with Crippen LogP contribution < -0.4 is 18.9 Å². The Bertz CT molecular complexity index is 765. The van der Waals surface area contributed by atoms with Crippen LogP contribution in [0.2, 0.25) is 0 Å². The standard InChI is InChI=1S/C20H25NO5/c1-23-15-9-18(24-2)16(19(10-15)25-3)12-21-6-5-13-7-17(22)20(26-4)8-14(13)11-21/h7-10,22H,5-6,11-12H2,1-4H3. The fourth-order valence-electron chi connectivity index (χ4n) is 3.39. The molecule has 2 aromatic rings. The number of hydrogen-bond acceptors (Lipinski definition) is 6. The number of methoxy groups -OCH3 is 4. The van der Waals surface area contributed by atoms with E-state index in [0.29, 0.717) is 18.0 Å². The monoisotopic (exact) mass is 359 g/mol. The second kappa shape index (κ2) is 7.74. The smallest absolute Gasteiger partial charge is 0.160 e. The molecule has 140 valence electrons. The largest absolute Gasteiger partial charge is 0.504 e. The second-order valence-corrected chi connectivity index (χ2v) is 6.26. The molecule has 6 heteroatoms. The highest BCUT2D eigenvalue weighted by Crippen LogP contribution is 2.37. The van der Waals surface area contributed by atoms with Gasteiger partial charge in [-0.2, -0.15) is 0 Å². The van der Waals surface area contributed by atoms with Gasteiger partial charge in [-0.3, -0.25) is 4.90 Å². The summed E-state index contributed by atoms with van der Waals surface area (Å²) in [6.07, 6.45) is 0.869. The molecule has 0 fully saturated rings. The molecule has 6 nitrogen and oxygen atoms in total. The maximum absolute atomic E-state index is 9.97. The van der Waals surface area contributed by atoms with Gasteiger partial charge in [0.15, 0.2) is 11.5 Å². The zero-order chi connectivity index (χ0) is 18.7. The first-order valence-electron chi connectivity index (χ1n) is 8.49. The number of benzene rings is 2. The van der Waals surface area contributed by atoms with E-state index in [1.54, 1.807) is 34.5 Å². The van der Waals surface area contributed by atoms with Gasteiger partial charge in [0, 0.05) is 31.8 Å². The third kappa shape index (κ3) is 3.51. The first-order chi connectivity index (χ1) is 12.6. The summed E-state index contributed by atoms with van der Waals surface area (Å²) in [4.78, 5) is 2.33. The number of fused-ring (bicyclic) bond motifs is 1. The van der Waals surface area contributed by atoms with E-state index in [9.17, 15) is 5.11 Å². The van der Waals surface area contributed by atoms with Crippen LogP contribution in [0.4, 0.5) is 0 Å². The maximum Gasteiger partial charge on any atom is 0.160 e. The van der Waals surface area contributed by atoms with Gasteiger partial charge in [-0.15, -0.1) is 0 Å². The molecule has 0 unspecified atom stereocenters. The number of nitrogens with zero attached hydrogens (tertiary/aromatic N) is 1. The predicted molar refractivity (Wildman–Crippen MR) is 98.6 cm³/mol. The second-order valence-electron chi connectivity index (χ2n) is 6.26. The van der Waals surface area contributed by atoms with E-state index in [2.05, 4.69) is 4.90 Å². The summed E-state index contributed by atoms with van der Waals surface area (Å²) in [7, 11) is 6.49. The first kappa shape index (κ1) is 18.2. The van der Waals surface area contributed by atoms with Gasteiger partial charge < -0.3 is 24.1 Å². The van der Waals surface area contributed by atoms with E-state index < -0.39 is 0 Å². The summed E-state index contributed by atoms with van der Waals surface area (Å²) in [5.74, 6) is 2.89. The molecule has 0 spiro atoms. The van der Waals surface area contributed by atoms with E-state index in [4.69, 9.17) is 18.9 Å². The molecule has 0 atom stereocenters. The summed E-state index contributed by atoms with van der Waals surface area (Å²) in [5, 5.41) is 9.97. The topological polar surface area (TPSA) is 60.4 Å². The summed E-state index contributed by atoms with van der Waals surface area (Å²) in [6, 6.07) is 7.47. The average Bonchev–Trinajstić information content (AvgIpc) is 2.67. The molecule has 1 heterocycles. The normalized spacial score (nSPS) is 13.8. The lowest BCUT2D eigenvalue weighted by Crippen LogP contribution is -2.30. The molecule has 0 aliphatic carbocycles. The fourth-order valence-corrected chi connectivity index (χ4v) is 3.39. The van der Waals surface area contributed by atoms with Gasteiger partial charge in [-0.25, -0.2) is 0 Å². The van der Waals surface area contributed by atoms with Crippen molar-refractivity contribution in [1.82, 2.24) is 4.90 Å². The molecule has 1 N–H and O–H groups in total. The molecule has 3 rings (SSSR count). The molecule has 0 radical (unpaired) electrons. The summed E-state index contributed by atoms with van der Waals surface area (Å²) < 4.78 is 21.7. The minimum absolute atomic E-state index is 0.193. The Morgan fingerprint density at radius 2 is 1.50 bits per heavy atom. The Balaban J connectivity index is 1.86. The van der Waals surface area contributed by atoms with Crippen LogP contribution in [0.15, 0.2) is 24.3 Å². The van der Waals surface area contributed by atoms with Crippen molar-refractivity contribution in [2.45, 2.75) is 19.5 Å². The lowest BCUT2D eigenvalue weighted by Gasteiger charge is -2.30. The molecule has 0 saturated heterocycles. The lowest BCUT2D eigenvalue weighted by molar-refractivity contribution is 0.236. The highest BCUT2D eigenvalue weighted by Gasteiger charge is 2.22. The van der Waals surface area contributed by atoms with Gasteiger partial charge in [0.25, 0.3) is 0 Å². The summed E-state index contributed by atoms with van der Waals surface area (Å²) in [5.41, 5.74) is 3.32. The van der Waals surface area contributed by atoms with Crippen LogP contribution in [0.5, 0.6) is 28.7 Å². The highest BCUT2D eigenvalue weighted by atomic mass is 16.5. The molecule has 1 aliphatic heterocycles. The number of ether oxygens (including phenoxy) is 4. The fraction of sp³-hybridized carbons (Fsp3) is 0.400. The molecule has 0 saturated carbocycles. The molecule has 0 amide bonds. The van der Waals surface area contributed by atoms with Crippen LogP contribution in [0.25, 0.3) is 0 Å². The number of aromatic hydroxyl groups is 1.